The van der Waals surface area contributed by atoms with Gasteiger partial charge < -0.3 is 9.72 Å². The molecule has 1 saturated heterocycles. The van der Waals surface area contributed by atoms with Gasteiger partial charge >= 0.3 is 0 Å². The summed E-state index contributed by atoms with van der Waals surface area (Å²) in [4.78, 5) is 25.2. The van der Waals surface area contributed by atoms with Gasteiger partial charge in [0.25, 0.3) is 5.91 Å². The van der Waals surface area contributed by atoms with Gasteiger partial charge in [0.2, 0.25) is 0 Å². The number of aromatic nitrogens is 2. The second-order valence-electron chi connectivity index (χ2n) is 6.95. The zero-order valence-corrected chi connectivity index (χ0v) is 17.4. The van der Waals surface area contributed by atoms with Crippen LogP contribution in [0.15, 0.2) is 53.0 Å². The zero-order valence-electron chi connectivity index (χ0n) is 15.9. The zero-order chi connectivity index (χ0) is 20.1. The van der Waals surface area contributed by atoms with Gasteiger partial charge in [0, 0.05) is 30.0 Å². The summed E-state index contributed by atoms with van der Waals surface area (Å²) in [7, 11) is 0. The average molecular weight is 456 g/mol. The van der Waals surface area contributed by atoms with E-state index in [4.69, 9.17) is 9.57 Å². The molecule has 3 aromatic rings. The van der Waals surface area contributed by atoms with Crippen LogP contribution in [-0.4, -0.2) is 28.8 Å². The predicted octanol–water partition coefficient (Wildman–Crippen LogP) is 4.50. The number of hydroxylamine groups is 1. The normalized spacial score (nSPS) is 17.1. The molecule has 0 saturated carbocycles. The summed E-state index contributed by atoms with van der Waals surface area (Å²) in [6.45, 7) is 0.675. The van der Waals surface area contributed by atoms with E-state index in [1.165, 1.54) is 6.08 Å². The number of benzene rings is 2. The minimum atomic E-state index is -0.348. The van der Waals surface area contributed by atoms with E-state index in [-0.39, 0.29) is 12.2 Å². The Labute approximate surface area is 177 Å². The highest BCUT2D eigenvalue weighted by Gasteiger charge is 2.14. The monoisotopic (exact) mass is 455 g/mol. The van der Waals surface area contributed by atoms with Crippen molar-refractivity contribution in [1.82, 2.24) is 15.4 Å². The number of nitrogens with one attached hydrogen (secondary N) is 2. The number of carbonyl (C=O) groups excluding carboxylic acids is 1. The molecule has 1 aromatic heterocycles. The number of rotatable bonds is 6. The second kappa shape index (κ2) is 9.35. The minimum Gasteiger partial charge on any atom is -0.350 e. The van der Waals surface area contributed by atoms with E-state index < -0.39 is 0 Å². The summed E-state index contributed by atoms with van der Waals surface area (Å²) < 4.78 is 6.39. The first-order valence-corrected chi connectivity index (χ1v) is 10.4. The van der Waals surface area contributed by atoms with E-state index in [1.54, 1.807) is 6.08 Å². The molecule has 6 nitrogen and oxygen atoms in total. The molecule has 2 heterocycles. The molecule has 0 spiro atoms. The Balaban J connectivity index is 1.31. The Morgan fingerprint density at radius 2 is 2.14 bits per heavy atom. The number of imidazole rings is 1. The van der Waals surface area contributed by atoms with Crippen LogP contribution >= 0.6 is 15.9 Å². The number of hydrogen-bond donors (Lipinski definition) is 2. The molecule has 150 valence electrons. The van der Waals surface area contributed by atoms with Gasteiger partial charge in [-0.15, -0.1) is 0 Å². The molecule has 1 fully saturated rings. The minimum absolute atomic E-state index is 0.309. The summed E-state index contributed by atoms with van der Waals surface area (Å²) in [5.74, 6) is 0.604. The van der Waals surface area contributed by atoms with Crippen molar-refractivity contribution in [2.75, 3.05) is 6.61 Å². The lowest BCUT2D eigenvalue weighted by molar-refractivity contribution is -0.198. The summed E-state index contributed by atoms with van der Waals surface area (Å²) in [5, 5.41) is 0. The highest BCUT2D eigenvalue weighted by molar-refractivity contribution is 9.10. The summed E-state index contributed by atoms with van der Waals surface area (Å²) >= 11 is 3.53. The Hall–Kier alpha value is -2.48. The maximum atomic E-state index is 11.9. The van der Waals surface area contributed by atoms with Crippen molar-refractivity contribution in [2.24, 2.45) is 0 Å². The molecule has 4 rings (SSSR count). The van der Waals surface area contributed by atoms with E-state index in [0.29, 0.717) is 13.0 Å². The molecule has 0 aliphatic carbocycles. The summed E-state index contributed by atoms with van der Waals surface area (Å²) in [5.41, 5.74) is 6.44. The van der Waals surface area contributed by atoms with Crippen molar-refractivity contribution in [1.29, 1.82) is 0 Å². The van der Waals surface area contributed by atoms with Gasteiger partial charge in [0.1, 0.15) is 11.3 Å². The molecular formula is C22H22BrN3O3. The molecule has 1 aliphatic rings. The largest absolute Gasteiger partial charge is 0.350 e. The van der Waals surface area contributed by atoms with Crippen LogP contribution in [0.25, 0.3) is 17.1 Å². The van der Waals surface area contributed by atoms with Crippen LogP contribution in [0.5, 0.6) is 0 Å². The maximum Gasteiger partial charge on any atom is 0.267 e. The van der Waals surface area contributed by atoms with Crippen molar-refractivity contribution in [2.45, 2.75) is 32.0 Å². The van der Waals surface area contributed by atoms with Gasteiger partial charge in [-0.2, -0.15) is 0 Å². The highest BCUT2D eigenvalue weighted by atomic mass is 79.9. The van der Waals surface area contributed by atoms with Crippen LogP contribution in [0.2, 0.25) is 0 Å². The number of ether oxygens (including phenoxy) is 1. The Bertz CT molecular complexity index is 1010. The number of para-hydroxylation sites is 1. The number of aromatic amines is 1. The molecule has 1 unspecified atom stereocenters. The fraction of sp³-hybridized carbons (Fsp3) is 0.273. The maximum absolute atomic E-state index is 11.9. The van der Waals surface area contributed by atoms with E-state index >= 15 is 0 Å². The molecule has 2 aromatic carbocycles. The van der Waals surface area contributed by atoms with Crippen molar-refractivity contribution in [3.05, 3.63) is 70.0 Å². The number of carbonyl (C=O) groups is 1. The number of nitrogens with zero attached hydrogens (tertiary/aromatic N) is 1. The molecule has 29 heavy (non-hydrogen) atoms. The van der Waals surface area contributed by atoms with E-state index in [9.17, 15) is 4.79 Å². The van der Waals surface area contributed by atoms with Crippen LogP contribution in [0.4, 0.5) is 0 Å². The van der Waals surface area contributed by atoms with Crippen LogP contribution < -0.4 is 5.48 Å². The molecule has 1 atom stereocenters. The summed E-state index contributed by atoms with van der Waals surface area (Å²) in [6.07, 6.45) is 6.45. The van der Waals surface area contributed by atoms with Gasteiger partial charge in [-0.05, 0) is 58.1 Å². The fourth-order valence-electron chi connectivity index (χ4n) is 3.21. The first-order chi connectivity index (χ1) is 14.2. The Kier molecular flexibility index (Phi) is 6.39. The standard InChI is InChI=1S/C22H22BrN3O3/c23-17-4-3-5-18-22(17)25-19(24-18)14-16-9-7-15(8-10-16)11-12-20(27)26-29-21-6-1-2-13-28-21/h3-5,7-12,21H,1-2,6,13-14H2,(H,24,25)(H,26,27)/b12-11+. The molecule has 0 radical (unpaired) electrons. The second-order valence-corrected chi connectivity index (χ2v) is 7.81. The number of hydrogen-bond acceptors (Lipinski definition) is 4. The Morgan fingerprint density at radius 3 is 2.90 bits per heavy atom. The highest BCUT2D eigenvalue weighted by Crippen LogP contribution is 2.22. The van der Waals surface area contributed by atoms with Crippen molar-refractivity contribution in [3.63, 3.8) is 0 Å². The lowest BCUT2D eigenvalue weighted by Gasteiger charge is -2.21. The number of halogens is 1. The molecule has 0 bridgehead atoms. The van der Waals surface area contributed by atoms with Crippen LogP contribution in [0.1, 0.15) is 36.2 Å². The van der Waals surface area contributed by atoms with Crippen molar-refractivity contribution in [3.8, 4) is 0 Å². The Morgan fingerprint density at radius 1 is 1.28 bits per heavy atom. The van der Waals surface area contributed by atoms with Gasteiger partial charge in [0.15, 0.2) is 6.29 Å². The van der Waals surface area contributed by atoms with E-state index in [1.807, 2.05) is 42.5 Å². The van der Waals surface area contributed by atoms with E-state index in [2.05, 4.69) is 31.4 Å². The van der Waals surface area contributed by atoms with Crippen molar-refractivity contribution < 1.29 is 14.4 Å². The van der Waals surface area contributed by atoms with Gasteiger partial charge in [0.05, 0.1) is 5.52 Å². The molecule has 1 amide bonds. The molecule has 7 heteroatoms. The first kappa shape index (κ1) is 19.8. The first-order valence-electron chi connectivity index (χ1n) is 9.65. The SMILES string of the molecule is O=C(/C=C/c1ccc(Cc2nc3c(Br)cccc3[nH]2)cc1)NOC1CCCCO1. The summed E-state index contributed by atoms with van der Waals surface area (Å²) in [6, 6.07) is 14.0. The van der Waals surface area contributed by atoms with Gasteiger partial charge in [-0.1, -0.05) is 30.3 Å². The van der Waals surface area contributed by atoms with Gasteiger partial charge in [-0.25, -0.2) is 15.3 Å². The third kappa shape index (κ3) is 5.32. The molecular weight excluding hydrogens is 434 g/mol. The topological polar surface area (TPSA) is 76.2 Å². The van der Waals surface area contributed by atoms with Crippen LogP contribution in [0.3, 0.4) is 0 Å². The smallest absolute Gasteiger partial charge is 0.267 e. The number of fused-ring (bicyclic) bond motifs is 1. The van der Waals surface area contributed by atoms with Crippen molar-refractivity contribution >= 4 is 38.9 Å². The molecule has 2 N–H and O–H groups in total. The van der Waals surface area contributed by atoms with Crippen LogP contribution in [0, 0.1) is 0 Å². The third-order valence-electron chi connectivity index (χ3n) is 4.72. The predicted molar refractivity (Wildman–Crippen MR) is 115 cm³/mol. The number of H-pyrrole nitrogens is 1. The quantitative estimate of drug-likeness (QED) is 0.423. The number of amides is 1. The molecule has 1 aliphatic heterocycles. The van der Waals surface area contributed by atoms with Gasteiger partial charge in [-0.3, -0.25) is 4.79 Å². The third-order valence-corrected chi connectivity index (χ3v) is 5.36. The lowest BCUT2D eigenvalue weighted by Crippen LogP contribution is -2.32. The van der Waals surface area contributed by atoms with Crippen LogP contribution in [-0.2, 0) is 20.8 Å². The lowest BCUT2D eigenvalue weighted by atomic mass is 10.1. The average Bonchev–Trinajstić information content (AvgIpc) is 3.16. The fourth-order valence-corrected chi connectivity index (χ4v) is 3.66. The van der Waals surface area contributed by atoms with E-state index in [0.717, 1.165) is 51.7 Å².